The second-order valence-electron chi connectivity index (χ2n) is 6.59. The van der Waals surface area contributed by atoms with Crippen molar-refractivity contribution in [3.05, 3.63) is 63.3 Å². The number of rotatable bonds is 5. The zero-order valence-corrected chi connectivity index (χ0v) is 16.6. The minimum atomic E-state index is -0.0933. The van der Waals surface area contributed by atoms with Crippen LogP contribution in [0.15, 0.2) is 46.6 Å². The van der Waals surface area contributed by atoms with Crippen LogP contribution >= 0.6 is 15.9 Å². The van der Waals surface area contributed by atoms with E-state index in [4.69, 9.17) is 14.2 Å². The fraction of sp³-hybridized carbons (Fsp3) is 0.286. The van der Waals surface area contributed by atoms with Crippen molar-refractivity contribution >= 4 is 27.8 Å². The Hall–Kier alpha value is -2.15. The number of nitrogens with zero attached hydrogens (tertiary/aromatic N) is 1. The van der Waals surface area contributed by atoms with Crippen LogP contribution in [0.5, 0.6) is 11.5 Å². The van der Waals surface area contributed by atoms with Crippen molar-refractivity contribution in [1.29, 1.82) is 0 Å². The molecule has 27 heavy (non-hydrogen) atoms. The summed E-state index contributed by atoms with van der Waals surface area (Å²) in [6, 6.07) is 11.4. The molecule has 4 rings (SSSR count). The van der Waals surface area contributed by atoms with Crippen LogP contribution in [0.1, 0.15) is 27.9 Å². The van der Waals surface area contributed by atoms with Crippen molar-refractivity contribution in [2.45, 2.75) is 13.0 Å². The number of allylic oxidation sites excluding steroid dienone is 1. The highest BCUT2D eigenvalue weighted by atomic mass is 79.9. The normalized spacial score (nSPS) is 17.4. The molecule has 2 aromatic carbocycles. The highest BCUT2D eigenvalue weighted by molar-refractivity contribution is 9.10. The third-order valence-electron chi connectivity index (χ3n) is 4.65. The van der Waals surface area contributed by atoms with Gasteiger partial charge in [0.15, 0.2) is 5.76 Å². The van der Waals surface area contributed by atoms with E-state index in [-0.39, 0.29) is 5.78 Å². The van der Waals surface area contributed by atoms with Gasteiger partial charge in [-0.3, -0.25) is 9.69 Å². The molecule has 2 aliphatic rings. The zero-order valence-electron chi connectivity index (χ0n) is 15.0. The predicted octanol–water partition coefficient (Wildman–Crippen LogP) is 4.25. The molecular weight excluding hydrogens is 410 g/mol. The van der Waals surface area contributed by atoms with Crippen molar-refractivity contribution in [2.24, 2.45) is 0 Å². The Balaban J connectivity index is 1.60. The van der Waals surface area contributed by atoms with Gasteiger partial charge >= 0.3 is 0 Å². The van der Waals surface area contributed by atoms with Gasteiger partial charge in [0, 0.05) is 31.3 Å². The van der Waals surface area contributed by atoms with Crippen LogP contribution in [0.25, 0.3) is 6.08 Å². The Labute approximate surface area is 166 Å². The Kier molecular flexibility index (Phi) is 5.29. The average Bonchev–Trinajstić information content (AvgIpc) is 2.98. The van der Waals surface area contributed by atoms with Crippen molar-refractivity contribution in [3.63, 3.8) is 0 Å². The number of ketones is 1. The highest BCUT2D eigenvalue weighted by Crippen LogP contribution is 2.42. The SMILES string of the molecule is COCCCN1COc2ccc3c(c2C1)O/C(=C\c1cccc(Br)c1)C3=O. The summed E-state index contributed by atoms with van der Waals surface area (Å²) in [4.78, 5) is 15.0. The van der Waals surface area contributed by atoms with Crippen molar-refractivity contribution < 1.29 is 19.0 Å². The van der Waals surface area contributed by atoms with Crippen LogP contribution in [0.2, 0.25) is 0 Å². The van der Waals surface area contributed by atoms with E-state index >= 15 is 0 Å². The molecule has 0 N–H and O–H groups in total. The summed E-state index contributed by atoms with van der Waals surface area (Å²) in [5.74, 6) is 1.65. The summed E-state index contributed by atoms with van der Waals surface area (Å²) in [7, 11) is 1.70. The van der Waals surface area contributed by atoms with E-state index in [0.717, 1.165) is 34.3 Å². The monoisotopic (exact) mass is 429 g/mol. The fourth-order valence-corrected chi connectivity index (χ4v) is 3.75. The standard InChI is InChI=1S/C21H20BrNO4/c1-25-9-3-8-23-12-17-18(26-13-23)7-6-16-20(24)19(27-21(16)17)11-14-4-2-5-15(22)10-14/h2,4-7,10-11H,3,8-9,12-13H2,1H3/b19-11-. The number of benzene rings is 2. The predicted molar refractivity (Wildman–Crippen MR) is 106 cm³/mol. The lowest BCUT2D eigenvalue weighted by Crippen LogP contribution is -2.33. The van der Waals surface area contributed by atoms with Crippen LogP contribution in [0.3, 0.4) is 0 Å². The summed E-state index contributed by atoms with van der Waals surface area (Å²) >= 11 is 3.45. The Bertz CT molecular complexity index is 909. The molecule has 0 radical (unpaired) electrons. The van der Waals surface area contributed by atoms with Gasteiger partial charge in [-0.2, -0.15) is 0 Å². The molecule has 2 aliphatic heterocycles. The number of Topliss-reactive ketones (excluding diaryl/α,β-unsaturated/α-hetero) is 1. The zero-order chi connectivity index (χ0) is 18.8. The molecule has 0 aromatic heterocycles. The number of ether oxygens (including phenoxy) is 3. The topological polar surface area (TPSA) is 48.0 Å². The number of hydrogen-bond acceptors (Lipinski definition) is 5. The Morgan fingerprint density at radius 2 is 2.19 bits per heavy atom. The molecule has 2 heterocycles. The molecule has 0 unspecified atom stereocenters. The summed E-state index contributed by atoms with van der Waals surface area (Å²) in [6.07, 6.45) is 2.71. The average molecular weight is 430 g/mol. The second kappa shape index (κ2) is 7.84. The maximum Gasteiger partial charge on any atom is 0.231 e. The molecule has 5 nitrogen and oxygen atoms in total. The third-order valence-corrected chi connectivity index (χ3v) is 5.14. The number of carbonyl (C=O) groups excluding carboxylic acids is 1. The van der Waals surface area contributed by atoms with Gasteiger partial charge in [0.25, 0.3) is 0 Å². The van der Waals surface area contributed by atoms with Crippen LogP contribution in [0.4, 0.5) is 0 Å². The summed E-state index contributed by atoms with van der Waals surface area (Å²) in [6.45, 7) is 2.81. The third kappa shape index (κ3) is 3.78. The summed E-state index contributed by atoms with van der Waals surface area (Å²) < 4.78 is 17.9. The first-order valence-corrected chi connectivity index (χ1v) is 9.65. The lowest BCUT2D eigenvalue weighted by molar-refractivity contribution is 0.0823. The highest BCUT2D eigenvalue weighted by Gasteiger charge is 2.33. The minimum absolute atomic E-state index is 0.0933. The smallest absolute Gasteiger partial charge is 0.231 e. The molecule has 0 amide bonds. The Morgan fingerprint density at radius 3 is 3.00 bits per heavy atom. The molecule has 0 aliphatic carbocycles. The molecule has 0 atom stereocenters. The van der Waals surface area contributed by atoms with Crippen LogP contribution in [0, 0.1) is 0 Å². The first kappa shape index (κ1) is 18.2. The summed E-state index contributed by atoms with van der Waals surface area (Å²) in [5.41, 5.74) is 2.44. The van der Waals surface area contributed by atoms with Gasteiger partial charge in [0.2, 0.25) is 5.78 Å². The Morgan fingerprint density at radius 1 is 1.30 bits per heavy atom. The van der Waals surface area contributed by atoms with Gasteiger partial charge in [-0.25, -0.2) is 0 Å². The van der Waals surface area contributed by atoms with E-state index in [2.05, 4.69) is 20.8 Å². The fourth-order valence-electron chi connectivity index (χ4n) is 3.33. The van der Waals surface area contributed by atoms with Crippen LogP contribution in [-0.2, 0) is 11.3 Å². The second-order valence-corrected chi connectivity index (χ2v) is 7.50. The van der Waals surface area contributed by atoms with Gasteiger partial charge in [-0.05, 0) is 42.3 Å². The first-order chi connectivity index (χ1) is 13.2. The minimum Gasteiger partial charge on any atom is -0.478 e. The quantitative estimate of drug-likeness (QED) is 0.524. The summed E-state index contributed by atoms with van der Waals surface area (Å²) in [5, 5.41) is 0. The molecule has 140 valence electrons. The lowest BCUT2D eigenvalue weighted by atomic mass is 10.0. The lowest BCUT2D eigenvalue weighted by Gasteiger charge is -2.29. The van der Waals surface area contributed by atoms with Gasteiger partial charge in [-0.15, -0.1) is 0 Å². The van der Waals surface area contributed by atoms with E-state index in [9.17, 15) is 4.79 Å². The molecule has 2 aromatic rings. The molecule has 0 fully saturated rings. The van der Waals surface area contributed by atoms with Gasteiger partial charge < -0.3 is 14.2 Å². The maximum absolute atomic E-state index is 12.8. The van der Waals surface area contributed by atoms with E-state index < -0.39 is 0 Å². The van der Waals surface area contributed by atoms with Crippen LogP contribution < -0.4 is 9.47 Å². The van der Waals surface area contributed by atoms with Crippen molar-refractivity contribution in [2.75, 3.05) is 27.0 Å². The van der Waals surface area contributed by atoms with Crippen molar-refractivity contribution in [3.8, 4) is 11.5 Å². The van der Waals surface area contributed by atoms with Gasteiger partial charge in [0.1, 0.15) is 18.2 Å². The number of hydrogen-bond donors (Lipinski definition) is 0. The molecule has 0 saturated carbocycles. The molecule has 0 saturated heterocycles. The molecular formula is C21H20BrNO4. The van der Waals surface area contributed by atoms with Crippen molar-refractivity contribution in [1.82, 2.24) is 4.90 Å². The molecule has 6 heteroatoms. The molecule has 0 bridgehead atoms. The largest absolute Gasteiger partial charge is 0.478 e. The molecule has 0 spiro atoms. The van der Waals surface area contributed by atoms with Crippen LogP contribution in [-0.4, -0.2) is 37.7 Å². The number of carbonyl (C=O) groups is 1. The number of halogens is 1. The first-order valence-electron chi connectivity index (χ1n) is 8.85. The van der Waals surface area contributed by atoms with E-state index in [1.807, 2.05) is 30.3 Å². The number of methoxy groups -OCH3 is 1. The van der Waals surface area contributed by atoms with E-state index in [0.29, 0.717) is 37.0 Å². The van der Waals surface area contributed by atoms with E-state index in [1.54, 1.807) is 19.3 Å². The van der Waals surface area contributed by atoms with Gasteiger partial charge in [-0.1, -0.05) is 28.1 Å². The maximum atomic E-state index is 12.8. The van der Waals surface area contributed by atoms with Gasteiger partial charge in [0.05, 0.1) is 11.1 Å². The van der Waals surface area contributed by atoms with E-state index in [1.165, 1.54) is 0 Å². The number of fused-ring (bicyclic) bond motifs is 3.